The van der Waals surface area contributed by atoms with Gasteiger partial charge in [-0.25, -0.2) is 13.1 Å². The van der Waals surface area contributed by atoms with Gasteiger partial charge in [0.15, 0.2) is 0 Å². The van der Waals surface area contributed by atoms with Crippen LogP contribution in [0.3, 0.4) is 0 Å². The molecule has 0 aromatic carbocycles. The fourth-order valence-electron chi connectivity index (χ4n) is 1.20. The molecule has 0 fully saturated rings. The minimum absolute atomic E-state index is 0.213. The van der Waals surface area contributed by atoms with Crippen LogP contribution in [-0.2, 0) is 21.3 Å². The second kappa shape index (κ2) is 6.00. The van der Waals surface area contributed by atoms with Gasteiger partial charge in [0.1, 0.15) is 0 Å². The van der Waals surface area contributed by atoms with Gasteiger partial charge in [-0.15, -0.1) is 0 Å². The largest absolute Gasteiger partial charge is 0.385 e. The van der Waals surface area contributed by atoms with E-state index in [9.17, 15) is 8.42 Å². The third-order valence-corrected chi connectivity index (χ3v) is 3.50. The number of sulfonamides is 1. The van der Waals surface area contributed by atoms with Crippen molar-refractivity contribution >= 4 is 10.0 Å². The minimum Gasteiger partial charge on any atom is -0.385 e. The van der Waals surface area contributed by atoms with Gasteiger partial charge in [-0.05, 0) is 12.5 Å². The Morgan fingerprint density at radius 3 is 2.88 bits per heavy atom. The second-order valence-corrected chi connectivity index (χ2v) is 5.08. The van der Waals surface area contributed by atoms with E-state index < -0.39 is 10.0 Å². The summed E-state index contributed by atoms with van der Waals surface area (Å²) in [5.41, 5.74) is 6.08. The van der Waals surface area contributed by atoms with Crippen molar-refractivity contribution in [3.05, 3.63) is 18.0 Å². The summed E-state index contributed by atoms with van der Waals surface area (Å²) in [7, 11) is -1.84. The van der Waals surface area contributed by atoms with Crippen LogP contribution < -0.4 is 10.5 Å². The molecule has 0 aliphatic carbocycles. The molecule has 0 bridgehead atoms. The summed E-state index contributed by atoms with van der Waals surface area (Å²) in [6, 6.07) is 1.53. The first-order valence-corrected chi connectivity index (χ1v) is 6.44. The lowest BCUT2D eigenvalue weighted by Gasteiger charge is -2.03. The number of hydrogen-bond acceptors (Lipinski definition) is 4. The van der Waals surface area contributed by atoms with E-state index in [4.69, 9.17) is 10.5 Å². The van der Waals surface area contributed by atoms with E-state index in [1.807, 2.05) is 0 Å². The predicted octanol–water partition coefficient (Wildman–Crippen LogP) is -0.212. The maximum absolute atomic E-state index is 11.7. The number of rotatable bonds is 7. The first-order valence-electron chi connectivity index (χ1n) is 4.96. The first-order chi connectivity index (χ1) is 7.60. The zero-order valence-electron chi connectivity index (χ0n) is 9.19. The molecular formula is C9H17N3O3S. The Balaban J connectivity index is 2.56. The molecule has 0 unspecified atom stereocenters. The summed E-state index contributed by atoms with van der Waals surface area (Å²) >= 11 is 0. The van der Waals surface area contributed by atoms with Crippen molar-refractivity contribution in [1.29, 1.82) is 0 Å². The van der Waals surface area contributed by atoms with E-state index in [0.29, 0.717) is 31.8 Å². The van der Waals surface area contributed by atoms with Gasteiger partial charge in [0.25, 0.3) is 0 Å². The molecule has 0 aliphatic heterocycles. The molecule has 1 aromatic rings. The highest BCUT2D eigenvalue weighted by Crippen LogP contribution is 2.09. The summed E-state index contributed by atoms with van der Waals surface area (Å²) < 4.78 is 30.7. The summed E-state index contributed by atoms with van der Waals surface area (Å²) in [5, 5.41) is 0. The molecule has 0 radical (unpaired) electrons. The van der Waals surface area contributed by atoms with Crippen LogP contribution in [-0.4, -0.2) is 33.7 Å². The molecule has 0 amide bonds. The number of nitrogens with two attached hydrogens (primary N) is 1. The van der Waals surface area contributed by atoms with E-state index >= 15 is 0 Å². The Bertz CT molecular complexity index is 413. The topological polar surface area (TPSA) is 97.2 Å². The maximum Gasteiger partial charge on any atom is 0.242 e. The van der Waals surface area contributed by atoms with E-state index in [-0.39, 0.29) is 4.90 Å². The number of nitrogens with one attached hydrogen (secondary N) is 2. The van der Waals surface area contributed by atoms with E-state index in [2.05, 4.69) is 9.71 Å². The lowest BCUT2D eigenvalue weighted by Crippen LogP contribution is -2.25. The number of methoxy groups -OCH3 is 1. The lowest BCUT2D eigenvalue weighted by atomic mass is 10.4. The molecule has 0 saturated carbocycles. The SMILES string of the molecule is COCCCNS(=O)(=O)c1c[nH]c(CN)c1. The van der Waals surface area contributed by atoms with Gasteiger partial charge in [-0.3, -0.25) is 0 Å². The Morgan fingerprint density at radius 1 is 1.56 bits per heavy atom. The molecule has 16 heavy (non-hydrogen) atoms. The van der Waals surface area contributed by atoms with Gasteiger partial charge in [-0.2, -0.15) is 0 Å². The molecule has 4 N–H and O–H groups in total. The molecule has 0 spiro atoms. The van der Waals surface area contributed by atoms with Crippen molar-refractivity contribution in [2.75, 3.05) is 20.3 Å². The fraction of sp³-hybridized carbons (Fsp3) is 0.556. The fourth-order valence-corrected chi connectivity index (χ4v) is 2.29. The highest BCUT2D eigenvalue weighted by atomic mass is 32.2. The maximum atomic E-state index is 11.7. The highest BCUT2D eigenvalue weighted by Gasteiger charge is 2.14. The number of H-pyrrole nitrogens is 1. The van der Waals surface area contributed by atoms with E-state index in [0.717, 1.165) is 0 Å². The normalized spacial score (nSPS) is 11.9. The van der Waals surface area contributed by atoms with Crippen LogP contribution in [0.25, 0.3) is 0 Å². The van der Waals surface area contributed by atoms with Gasteiger partial charge in [0.05, 0.1) is 4.90 Å². The lowest BCUT2D eigenvalue weighted by molar-refractivity contribution is 0.196. The van der Waals surface area contributed by atoms with E-state index in [1.165, 1.54) is 12.3 Å². The van der Waals surface area contributed by atoms with Crippen LogP contribution in [0.1, 0.15) is 12.1 Å². The second-order valence-electron chi connectivity index (χ2n) is 3.31. The van der Waals surface area contributed by atoms with Crippen molar-refractivity contribution < 1.29 is 13.2 Å². The zero-order valence-corrected chi connectivity index (χ0v) is 10.0. The number of aromatic nitrogens is 1. The van der Waals surface area contributed by atoms with Crippen LogP contribution in [0.2, 0.25) is 0 Å². The third kappa shape index (κ3) is 3.60. The van der Waals surface area contributed by atoms with Crippen molar-refractivity contribution in [2.45, 2.75) is 17.9 Å². The third-order valence-electron chi connectivity index (χ3n) is 2.06. The van der Waals surface area contributed by atoms with Crippen molar-refractivity contribution in [3.63, 3.8) is 0 Å². The average molecular weight is 247 g/mol. The van der Waals surface area contributed by atoms with Crippen LogP contribution in [0.4, 0.5) is 0 Å². The molecule has 92 valence electrons. The molecule has 0 saturated heterocycles. The highest BCUT2D eigenvalue weighted by molar-refractivity contribution is 7.89. The van der Waals surface area contributed by atoms with Crippen molar-refractivity contribution in [1.82, 2.24) is 9.71 Å². The van der Waals surface area contributed by atoms with Crippen LogP contribution in [0.5, 0.6) is 0 Å². The minimum atomic E-state index is -3.42. The Morgan fingerprint density at radius 2 is 2.31 bits per heavy atom. The molecule has 7 heteroatoms. The van der Waals surface area contributed by atoms with Crippen molar-refractivity contribution in [3.8, 4) is 0 Å². The number of ether oxygens (including phenoxy) is 1. The van der Waals surface area contributed by atoms with Crippen LogP contribution in [0.15, 0.2) is 17.2 Å². The molecule has 0 aliphatic rings. The molecule has 6 nitrogen and oxygen atoms in total. The molecule has 1 rings (SSSR count). The van der Waals surface area contributed by atoms with Crippen molar-refractivity contribution in [2.24, 2.45) is 5.73 Å². The summed E-state index contributed by atoms with van der Waals surface area (Å²) in [5.74, 6) is 0. The zero-order chi connectivity index (χ0) is 12.0. The van der Waals surface area contributed by atoms with Gasteiger partial charge in [0, 0.05) is 38.7 Å². The molecule has 1 heterocycles. The molecular weight excluding hydrogens is 230 g/mol. The first kappa shape index (κ1) is 13.2. The Labute approximate surface area is 95.2 Å². The van der Waals surface area contributed by atoms with Gasteiger partial charge in [0.2, 0.25) is 10.0 Å². The summed E-state index contributed by atoms with van der Waals surface area (Å²) in [4.78, 5) is 3.01. The quantitative estimate of drug-likeness (QED) is 0.581. The van der Waals surface area contributed by atoms with E-state index in [1.54, 1.807) is 7.11 Å². The standard InChI is InChI=1S/C9H17N3O3S/c1-15-4-2-3-12-16(13,14)9-5-8(6-10)11-7-9/h5,7,11-12H,2-4,6,10H2,1H3. The monoisotopic (exact) mass is 247 g/mol. The summed E-state index contributed by atoms with van der Waals surface area (Å²) in [6.45, 7) is 1.18. The Kier molecular flexibility index (Phi) is 4.94. The van der Waals surface area contributed by atoms with Gasteiger partial charge >= 0.3 is 0 Å². The smallest absolute Gasteiger partial charge is 0.242 e. The summed E-state index contributed by atoms with van der Waals surface area (Å²) in [6.07, 6.45) is 2.07. The molecule has 0 atom stereocenters. The van der Waals surface area contributed by atoms with Gasteiger partial charge in [-0.1, -0.05) is 0 Å². The Hall–Kier alpha value is -0.890. The number of aromatic amines is 1. The molecule has 1 aromatic heterocycles. The average Bonchev–Trinajstić information content (AvgIpc) is 2.73. The van der Waals surface area contributed by atoms with Gasteiger partial charge < -0.3 is 15.5 Å². The number of hydrogen-bond donors (Lipinski definition) is 3. The van der Waals surface area contributed by atoms with Crippen LogP contribution in [0, 0.1) is 0 Å². The predicted molar refractivity (Wildman–Crippen MR) is 60.4 cm³/mol. The van der Waals surface area contributed by atoms with Crippen LogP contribution >= 0.6 is 0 Å².